The van der Waals surface area contributed by atoms with E-state index in [0.717, 1.165) is 0 Å². The molecule has 2 nitrogen and oxygen atoms in total. The van der Waals surface area contributed by atoms with Crippen molar-refractivity contribution in [3.8, 4) is 0 Å². The summed E-state index contributed by atoms with van der Waals surface area (Å²) in [6, 6.07) is 25.8. The Morgan fingerprint density at radius 3 is 1.93 bits per heavy atom. The number of thioether (sulfide) groups is 1. The summed E-state index contributed by atoms with van der Waals surface area (Å²) in [5, 5.41) is 0.177. The van der Waals surface area contributed by atoms with Crippen LogP contribution in [0.15, 0.2) is 90.1 Å². The molecule has 5 heteroatoms. The number of nitrogens with zero attached hydrogens (tertiary/aromatic N) is 2. The average Bonchev–Trinajstić information content (AvgIpc) is 3.16. The summed E-state index contributed by atoms with van der Waals surface area (Å²) in [4.78, 5) is 5.80. The van der Waals surface area contributed by atoms with Gasteiger partial charge in [-0.05, 0) is 49.6 Å². The third-order valence-electron chi connectivity index (χ3n) is 4.90. The molecule has 159 valence electrons. The molecule has 3 aromatic rings. The monoisotopic (exact) mass is 571 g/mol. The van der Waals surface area contributed by atoms with Crippen LogP contribution in [0.4, 0.5) is 5.69 Å². The number of hydrogen-bond donors (Lipinski definition) is 0. The van der Waals surface area contributed by atoms with Gasteiger partial charge in [-0.15, -0.1) is 0 Å². The molecule has 1 aliphatic rings. The van der Waals surface area contributed by atoms with Gasteiger partial charge in [-0.3, -0.25) is 0 Å². The normalized spacial score (nSPS) is 13.6. The Morgan fingerprint density at radius 1 is 0.767 bits per heavy atom. The Morgan fingerprint density at radius 2 is 1.33 bits per heavy atom. The van der Waals surface area contributed by atoms with Crippen LogP contribution in [0.3, 0.4) is 0 Å². The number of rotatable bonds is 5. The topological polar surface area (TPSA) is 6.48 Å². The van der Waals surface area contributed by atoms with Gasteiger partial charge in [0.2, 0.25) is 0 Å². The van der Waals surface area contributed by atoms with E-state index in [2.05, 4.69) is 122 Å². The third kappa shape index (κ3) is 5.63. The summed E-state index contributed by atoms with van der Waals surface area (Å²) in [5.41, 5.74) is 6.46. The Kier molecular flexibility index (Phi) is 9.32. The Labute approximate surface area is 210 Å². The van der Waals surface area contributed by atoms with E-state index in [4.69, 9.17) is 0 Å². The van der Waals surface area contributed by atoms with Crippen LogP contribution in [0, 0.1) is 27.4 Å². The van der Waals surface area contributed by atoms with Crippen LogP contribution in [0.25, 0.3) is 0 Å². The standard InChI is InChI=1S/C25H25N2S.Ag.BrH/c1-19-16-20(2)24(21(3)17-19)26-14-15-27(18-26)25(22-10-6-4-7-11-22)28-23-12-8-5-9-13-23;;/h4-18,25H,1-3H3;;1H/q;+1;/p-1. The number of aryl methyl sites for hydroxylation is 3. The Balaban J connectivity index is 0.00000160. The zero-order valence-electron chi connectivity index (χ0n) is 17.2. The van der Waals surface area contributed by atoms with E-state index in [-0.39, 0.29) is 44.7 Å². The van der Waals surface area contributed by atoms with Gasteiger partial charge in [0, 0.05) is 23.0 Å². The smallest absolute Gasteiger partial charge is 1.00 e. The second-order valence-electron chi connectivity index (χ2n) is 7.21. The largest absolute Gasteiger partial charge is 1.00 e. The maximum atomic E-state index is 2.30. The SMILES string of the molecule is Cc1cc(C)c(N2[CH]N(C(Sc3ccccc3)c3ccccc3)C=C2)c(C)c1.[Ag+].[Br-]. The molecule has 0 amide bonds. The first-order valence-corrected chi connectivity index (χ1v) is 10.4. The predicted molar refractivity (Wildman–Crippen MR) is 120 cm³/mol. The van der Waals surface area contributed by atoms with E-state index in [1.807, 2.05) is 11.8 Å². The van der Waals surface area contributed by atoms with Crippen molar-refractivity contribution in [2.75, 3.05) is 4.90 Å². The molecular weight excluding hydrogens is 548 g/mol. The van der Waals surface area contributed by atoms with Crippen LogP contribution >= 0.6 is 11.8 Å². The summed E-state index contributed by atoms with van der Waals surface area (Å²) in [6.07, 6.45) is 4.33. The Hall–Kier alpha value is -1.43. The van der Waals surface area contributed by atoms with Gasteiger partial charge in [-0.2, -0.15) is 0 Å². The quantitative estimate of drug-likeness (QED) is 0.339. The Bertz CT molecular complexity index is 956. The number of hydrogen-bond acceptors (Lipinski definition) is 3. The van der Waals surface area contributed by atoms with Gasteiger partial charge in [0.15, 0.2) is 0 Å². The molecule has 1 heterocycles. The minimum Gasteiger partial charge on any atom is -1.00 e. The minimum absolute atomic E-state index is 0. The van der Waals surface area contributed by atoms with Crippen molar-refractivity contribution in [3.05, 3.63) is 114 Å². The van der Waals surface area contributed by atoms with Crippen LogP contribution in [-0.2, 0) is 22.4 Å². The van der Waals surface area contributed by atoms with E-state index >= 15 is 0 Å². The molecule has 1 atom stereocenters. The summed E-state index contributed by atoms with van der Waals surface area (Å²) < 4.78 is 0. The first-order valence-electron chi connectivity index (χ1n) is 9.55. The van der Waals surface area contributed by atoms with Crippen LogP contribution in [0.5, 0.6) is 0 Å². The van der Waals surface area contributed by atoms with E-state index in [9.17, 15) is 0 Å². The zero-order valence-corrected chi connectivity index (χ0v) is 21.1. The van der Waals surface area contributed by atoms with Gasteiger partial charge in [0.05, 0.1) is 0 Å². The van der Waals surface area contributed by atoms with Crippen molar-refractivity contribution in [3.63, 3.8) is 0 Å². The molecule has 0 saturated carbocycles. The van der Waals surface area contributed by atoms with Crippen molar-refractivity contribution in [1.82, 2.24) is 4.90 Å². The van der Waals surface area contributed by atoms with E-state index in [1.54, 1.807) is 0 Å². The van der Waals surface area contributed by atoms with Gasteiger partial charge < -0.3 is 26.8 Å². The summed E-state index contributed by atoms with van der Waals surface area (Å²) >= 11 is 1.86. The maximum Gasteiger partial charge on any atom is 1.00 e. The third-order valence-corrected chi connectivity index (χ3v) is 6.18. The molecule has 0 aromatic heterocycles. The molecule has 1 unspecified atom stereocenters. The van der Waals surface area contributed by atoms with Gasteiger partial charge in [0.25, 0.3) is 0 Å². The summed E-state index contributed by atoms with van der Waals surface area (Å²) in [6.45, 7) is 8.74. The summed E-state index contributed by atoms with van der Waals surface area (Å²) in [5.74, 6) is 0. The molecule has 1 radical (unpaired) electrons. The molecule has 30 heavy (non-hydrogen) atoms. The molecule has 4 rings (SSSR count). The van der Waals surface area contributed by atoms with Crippen molar-refractivity contribution in [2.45, 2.75) is 31.0 Å². The average molecular weight is 573 g/mol. The molecule has 0 aliphatic carbocycles. The van der Waals surface area contributed by atoms with Crippen LogP contribution in [-0.4, -0.2) is 4.90 Å². The molecule has 0 saturated heterocycles. The van der Waals surface area contributed by atoms with Gasteiger partial charge >= 0.3 is 22.4 Å². The predicted octanol–water partition coefficient (Wildman–Crippen LogP) is 3.82. The molecule has 0 N–H and O–H groups in total. The minimum atomic E-state index is 0. The molecule has 3 aromatic carbocycles. The van der Waals surface area contributed by atoms with Crippen molar-refractivity contribution >= 4 is 17.4 Å². The zero-order chi connectivity index (χ0) is 19.5. The van der Waals surface area contributed by atoms with Crippen molar-refractivity contribution in [2.24, 2.45) is 0 Å². The van der Waals surface area contributed by atoms with Crippen LogP contribution < -0.4 is 21.9 Å². The second kappa shape index (κ2) is 11.3. The fraction of sp³-hybridized carbons (Fsp3) is 0.160. The van der Waals surface area contributed by atoms with E-state index in [1.165, 1.54) is 32.8 Å². The van der Waals surface area contributed by atoms with Crippen molar-refractivity contribution in [1.29, 1.82) is 0 Å². The maximum absolute atomic E-state index is 2.30. The fourth-order valence-corrected chi connectivity index (χ4v) is 4.88. The first-order chi connectivity index (χ1) is 13.6. The fourth-order valence-electron chi connectivity index (χ4n) is 3.77. The van der Waals surface area contributed by atoms with E-state index in [0.29, 0.717) is 0 Å². The van der Waals surface area contributed by atoms with Gasteiger partial charge in [-0.1, -0.05) is 78.0 Å². The van der Waals surface area contributed by atoms with Crippen LogP contribution in [0.2, 0.25) is 0 Å². The number of benzene rings is 3. The number of halogens is 1. The molecule has 0 bridgehead atoms. The number of anilines is 1. The molecular formula is C25H25AgBrN2S. The molecule has 1 aliphatic heterocycles. The summed E-state index contributed by atoms with van der Waals surface area (Å²) in [7, 11) is 0. The molecule has 0 fully saturated rings. The second-order valence-corrected chi connectivity index (χ2v) is 8.36. The van der Waals surface area contributed by atoms with Crippen LogP contribution in [0.1, 0.15) is 27.6 Å². The van der Waals surface area contributed by atoms with E-state index < -0.39 is 0 Å². The van der Waals surface area contributed by atoms with Crippen molar-refractivity contribution < 1.29 is 39.4 Å². The van der Waals surface area contributed by atoms with Gasteiger partial charge in [-0.25, -0.2) is 0 Å². The first kappa shape index (κ1) is 24.8. The van der Waals surface area contributed by atoms with Gasteiger partial charge in [0.1, 0.15) is 12.0 Å². The molecule has 0 spiro atoms.